The van der Waals surface area contributed by atoms with Gasteiger partial charge in [-0.2, -0.15) is 0 Å². The highest BCUT2D eigenvalue weighted by Gasteiger charge is 2.31. The van der Waals surface area contributed by atoms with Crippen LogP contribution in [0.2, 0.25) is 5.02 Å². The van der Waals surface area contributed by atoms with E-state index in [-0.39, 0.29) is 16.3 Å². The van der Waals surface area contributed by atoms with E-state index in [9.17, 15) is 16.8 Å². The molecule has 6 nitrogen and oxygen atoms in total. The van der Waals surface area contributed by atoms with Crippen molar-refractivity contribution >= 4 is 42.8 Å². The Morgan fingerprint density at radius 2 is 1.70 bits per heavy atom. The summed E-state index contributed by atoms with van der Waals surface area (Å²) in [4.78, 5) is 0.651. The first-order valence-corrected chi connectivity index (χ1v) is 13.1. The van der Waals surface area contributed by atoms with Gasteiger partial charge in [-0.3, -0.25) is 0 Å². The van der Waals surface area contributed by atoms with E-state index >= 15 is 0 Å². The molecule has 0 unspecified atom stereocenters. The van der Waals surface area contributed by atoms with Crippen LogP contribution in [-0.2, 0) is 19.9 Å². The summed E-state index contributed by atoms with van der Waals surface area (Å²) in [6.07, 6.45) is 0. The van der Waals surface area contributed by atoms with E-state index in [2.05, 4.69) is 4.72 Å². The van der Waals surface area contributed by atoms with Crippen LogP contribution in [0.3, 0.4) is 0 Å². The Morgan fingerprint density at radius 3 is 2.27 bits per heavy atom. The second kappa shape index (κ2) is 9.07. The van der Waals surface area contributed by atoms with Gasteiger partial charge in [0.1, 0.15) is 11.0 Å². The molecule has 1 heterocycles. The number of halogens is 1. The van der Waals surface area contributed by atoms with Crippen LogP contribution >= 0.6 is 22.9 Å². The average Bonchev–Trinajstić information content (AvgIpc) is 3.22. The van der Waals surface area contributed by atoms with Gasteiger partial charge in [0.15, 0.2) is 9.84 Å². The molecule has 0 aliphatic heterocycles. The second-order valence-electron chi connectivity index (χ2n) is 6.49. The molecule has 160 valence electrons. The van der Waals surface area contributed by atoms with Gasteiger partial charge in [-0.1, -0.05) is 17.7 Å². The van der Waals surface area contributed by atoms with Crippen LogP contribution in [0.1, 0.15) is 15.7 Å². The Balaban J connectivity index is 1.91. The van der Waals surface area contributed by atoms with E-state index in [0.29, 0.717) is 21.2 Å². The molecule has 0 spiro atoms. The van der Waals surface area contributed by atoms with Gasteiger partial charge in [0.25, 0.3) is 0 Å². The largest absolute Gasteiger partial charge is 0.496 e. The van der Waals surface area contributed by atoms with E-state index < -0.39 is 25.1 Å². The molecular weight excluding hydrogens is 466 g/mol. The normalized spacial score (nSPS) is 13.2. The Hall–Kier alpha value is -1.91. The Morgan fingerprint density at radius 1 is 1.03 bits per heavy atom. The molecule has 0 radical (unpaired) electrons. The second-order valence-corrected chi connectivity index (χ2v) is 11.8. The summed E-state index contributed by atoms with van der Waals surface area (Å²) in [5.41, 5.74) is 0.656. The number of sulfone groups is 1. The van der Waals surface area contributed by atoms with Crippen LogP contribution < -0.4 is 9.46 Å². The van der Waals surface area contributed by atoms with Crippen molar-refractivity contribution in [3.05, 3.63) is 75.4 Å². The maximum absolute atomic E-state index is 13.2. The lowest BCUT2D eigenvalue weighted by Gasteiger charge is -2.18. The van der Waals surface area contributed by atoms with E-state index in [1.54, 1.807) is 30.5 Å². The number of hydrogen-bond donors (Lipinski definition) is 1. The average molecular weight is 486 g/mol. The zero-order valence-electron chi connectivity index (χ0n) is 16.2. The number of ether oxygens (including phenoxy) is 1. The van der Waals surface area contributed by atoms with Gasteiger partial charge in [-0.25, -0.2) is 21.6 Å². The number of methoxy groups -OCH3 is 1. The van der Waals surface area contributed by atoms with E-state index in [1.165, 1.54) is 54.8 Å². The minimum atomic E-state index is -3.93. The topological polar surface area (TPSA) is 89.5 Å². The Kier molecular flexibility index (Phi) is 6.88. The van der Waals surface area contributed by atoms with Gasteiger partial charge in [-0.15, -0.1) is 11.3 Å². The monoisotopic (exact) mass is 485 g/mol. The maximum atomic E-state index is 13.2. The minimum absolute atomic E-state index is 0.0367. The van der Waals surface area contributed by atoms with Gasteiger partial charge >= 0.3 is 0 Å². The molecule has 1 aromatic heterocycles. The van der Waals surface area contributed by atoms with E-state index in [1.807, 2.05) is 0 Å². The number of sulfonamides is 1. The molecule has 1 N–H and O–H groups in total. The standard InChI is InChI=1S/C20H20ClNO5S3/c1-14-12-17(9-10-18(14)27-2)30(25,26)22-13-20(19-4-3-11-28-19)29(23,24)16-7-5-15(21)6-8-16/h3-12,20,22H,13H2,1-2H3/t20-/m1/s1. The molecule has 3 rings (SSSR count). The number of thiophene rings is 1. The highest BCUT2D eigenvalue weighted by atomic mass is 35.5. The predicted molar refractivity (Wildman–Crippen MR) is 119 cm³/mol. The fourth-order valence-corrected chi connectivity index (χ4v) is 7.06. The van der Waals surface area contributed by atoms with Crippen molar-refractivity contribution < 1.29 is 21.6 Å². The van der Waals surface area contributed by atoms with Crippen LogP contribution in [0, 0.1) is 6.92 Å². The van der Waals surface area contributed by atoms with Crippen LogP contribution in [0.25, 0.3) is 0 Å². The summed E-state index contributed by atoms with van der Waals surface area (Å²) >= 11 is 7.12. The number of benzene rings is 2. The lowest BCUT2D eigenvalue weighted by atomic mass is 10.2. The van der Waals surface area contributed by atoms with Crippen molar-refractivity contribution in [3.8, 4) is 5.75 Å². The third-order valence-electron chi connectivity index (χ3n) is 4.51. The minimum Gasteiger partial charge on any atom is -0.496 e. The Labute approximate surface area is 185 Å². The molecule has 1 atom stereocenters. The molecule has 0 bridgehead atoms. The fourth-order valence-electron chi connectivity index (χ4n) is 2.91. The van der Waals surface area contributed by atoms with Gasteiger partial charge < -0.3 is 4.74 Å². The van der Waals surface area contributed by atoms with Crippen molar-refractivity contribution in [2.45, 2.75) is 22.0 Å². The number of hydrogen-bond acceptors (Lipinski definition) is 6. The molecule has 3 aromatic rings. The van der Waals surface area contributed by atoms with Crippen molar-refractivity contribution in [1.82, 2.24) is 4.72 Å². The zero-order chi connectivity index (χ0) is 21.9. The highest BCUT2D eigenvalue weighted by molar-refractivity contribution is 7.92. The lowest BCUT2D eigenvalue weighted by Crippen LogP contribution is -2.31. The van der Waals surface area contributed by atoms with Crippen molar-refractivity contribution in [1.29, 1.82) is 0 Å². The van der Waals surface area contributed by atoms with E-state index in [0.717, 1.165) is 0 Å². The van der Waals surface area contributed by atoms with Gasteiger partial charge in [0.05, 0.1) is 16.9 Å². The quantitative estimate of drug-likeness (QED) is 0.516. The third kappa shape index (κ3) is 4.87. The number of rotatable bonds is 8. The summed E-state index contributed by atoms with van der Waals surface area (Å²) in [5.74, 6) is 0.565. The molecule has 2 aromatic carbocycles. The summed E-state index contributed by atoms with van der Waals surface area (Å²) in [7, 11) is -6.29. The van der Waals surface area contributed by atoms with Crippen LogP contribution in [0.5, 0.6) is 5.75 Å². The molecular formula is C20H20ClNO5S3. The van der Waals surface area contributed by atoms with Crippen LogP contribution in [-0.4, -0.2) is 30.5 Å². The molecule has 30 heavy (non-hydrogen) atoms. The molecule has 0 fully saturated rings. The van der Waals surface area contributed by atoms with E-state index in [4.69, 9.17) is 16.3 Å². The highest BCUT2D eigenvalue weighted by Crippen LogP contribution is 2.32. The molecule has 0 amide bonds. The smallest absolute Gasteiger partial charge is 0.240 e. The Bertz CT molecular complexity index is 1220. The first-order valence-electron chi connectivity index (χ1n) is 8.82. The third-order valence-corrected chi connectivity index (χ3v) is 9.42. The fraction of sp³-hybridized carbons (Fsp3) is 0.200. The molecule has 0 aliphatic carbocycles. The summed E-state index contributed by atoms with van der Waals surface area (Å²) in [6.45, 7) is 1.43. The van der Waals surface area contributed by atoms with Gasteiger partial charge in [0, 0.05) is 16.4 Å². The first-order chi connectivity index (χ1) is 14.1. The molecule has 0 saturated heterocycles. The summed E-state index contributed by atoms with van der Waals surface area (Å²) < 4.78 is 59.7. The van der Waals surface area contributed by atoms with Gasteiger partial charge in [0.2, 0.25) is 10.0 Å². The van der Waals surface area contributed by atoms with Crippen molar-refractivity contribution in [2.75, 3.05) is 13.7 Å². The van der Waals surface area contributed by atoms with Crippen LogP contribution in [0.4, 0.5) is 0 Å². The molecule has 10 heteroatoms. The SMILES string of the molecule is COc1ccc(S(=O)(=O)NC[C@H](c2cccs2)S(=O)(=O)c2ccc(Cl)cc2)cc1C. The first kappa shape index (κ1) is 22.8. The number of aryl methyl sites for hydroxylation is 1. The predicted octanol–water partition coefficient (Wildman–Crippen LogP) is 4.21. The molecule has 0 aliphatic rings. The van der Waals surface area contributed by atoms with Crippen LogP contribution in [0.15, 0.2) is 69.8 Å². The maximum Gasteiger partial charge on any atom is 0.240 e. The van der Waals surface area contributed by atoms with Gasteiger partial charge in [-0.05, 0) is 66.4 Å². The van der Waals surface area contributed by atoms with Crippen molar-refractivity contribution in [3.63, 3.8) is 0 Å². The zero-order valence-corrected chi connectivity index (χ0v) is 19.4. The number of nitrogens with one attached hydrogen (secondary N) is 1. The summed E-state index contributed by atoms with van der Waals surface area (Å²) in [5, 5.41) is 1.09. The molecule has 0 saturated carbocycles. The lowest BCUT2D eigenvalue weighted by molar-refractivity contribution is 0.411. The van der Waals surface area contributed by atoms with Crippen molar-refractivity contribution in [2.24, 2.45) is 0 Å². The summed E-state index contributed by atoms with van der Waals surface area (Å²) in [6, 6.07) is 13.7.